The molecule has 2 aromatic carbocycles. The number of halogens is 2. The van der Waals surface area contributed by atoms with Crippen molar-refractivity contribution in [1.29, 1.82) is 0 Å². The monoisotopic (exact) mass is 462 g/mol. The van der Waals surface area contributed by atoms with Crippen molar-refractivity contribution in [2.24, 2.45) is 0 Å². The molecule has 0 amide bonds. The molecule has 5 nitrogen and oxygen atoms in total. The lowest BCUT2D eigenvalue weighted by atomic mass is 9.97. The molecule has 172 valence electrons. The van der Waals surface area contributed by atoms with E-state index in [2.05, 4.69) is 45.5 Å². The molecule has 0 aromatic heterocycles. The van der Waals surface area contributed by atoms with Crippen LogP contribution >= 0.6 is 0 Å². The third kappa shape index (κ3) is 5.74. The molecule has 4 rings (SSSR count). The number of fused-ring (bicyclic) bond motifs is 1. The van der Waals surface area contributed by atoms with Gasteiger partial charge in [-0.2, -0.15) is 8.78 Å². The molecule has 0 atom stereocenters. The van der Waals surface area contributed by atoms with Gasteiger partial charge in [0.1, 0.15) is 5.75 Å². The number of aryl methyl sites for hydroxylation is 2. The van der Waals surface area contributed by atoms with E-state index in [0.717, 1.165) is 43.6 Å². The van der Waals surface area contributed by atoms with Crippen LogP contribution in [-0.4, -0.2) is 39.1 Å². The van der Waals surface area contributed by atoms with Crippen LogP contribution in [0.2, 0.25) is 0 Å². The Hall–Kier alpha value is -2.29. The molecular formula is C24H28F2N2O3S. The van der Waals surface area contributed by atoms with Crippen molar-refractivity contribution < 1.29 is 21.9 Å². The first-order valence-electron chi connectivity index (χ1n) is 10.9. The molecule has 0 saturated carbocycles. The topological polar surface area (TPSA) is 58.6 Å². The molecular weight excluding hydrogens is 434 g/mol. The highest BCUT2D eigenvalue weighted by atomic mass is 32.2. The molecule has 1 N–H and O–H groups in total. The summed E-state index contributed by atoms with van der Waals surface area (Å²) in [6, 6.07) is 13.0. The third-order valence-corrected chi connectivity index (χ3v) is 7.70. The summed E-state index contributed by atoms with van der Waals surface area (Å²) in [6.07, 6.45) is 3.98. The quantitative estimate of drug-likeness (QED) is 0.660. The number of sulfonamides is 1. The van der Waals surface area contributed by atoms with Crippen molar-refractivity contribution in [2.75, 3.05) is 13.1 Å². The SMILES string of the molecule is Cc1cccc(CN2CCC(NS(=O)(=O)C3=Cc4ccc(OC(F)F)cc4CC3)CC2)c1. The maximum absolute atomic E-state index is 13.0. The molecule has 1 aliphatic heterocycles. The Morgan fingerprint density at radius 2 is 1.91 bits per heavy atom. The van der Waals surface area contributed by atoms with Gasteiger partial charge in [0.25, 0.3) is 0 Å². The molecule has 0 spiro atoms. The fraction of sp³-hybridized carbons (Fsp3) is 0.417. The predicted molar refractivity (Wildman–Crippen MR) is 121 cm³/mol. The zero-order chi connectivity index (χ0) is 22.7. The number of hydrogen-bond acceptors (Lipinski definition) is 4. The molecule has 0 unspecified atom stereocenters. The lowest BCUT2D eigenvalue weighted by molar-refractivity contribution is -0.0498. The summed E-state index contributed by atoms with van der Waals surface area (Å²) >= 11 is 0. The second kappa shape index (κ2) is 9.68. The van der Waals surface area contributed by atoms with Crippen LogP contribution in [0.4, 0.5) is 8.78 Å². The molecule has 2 aromatic rings. The van der Waals surface area contributed by atoms with E-state index < -0.39 is 16.6 Å². The summed E-state index contributed by atoms with van der Waals surface area (Å²) in [5.41, 5.74) is 4.06. The maximum Gasteiger partial charge on any atom is 0.387 e. The number of piperidine rings is 1. The highest BCUT2D eigenvalue weighted by Gasteiger charge is 2.27. The van der Waals surface area contributed by atoms with Crippen molar-refractivity contribution in [2.45, 2.75) is 51.8 Å². The fourth-order valence-corrected chi connectivity index (χ4v) is 5.88. The number of hydrogen-bond donors (Lipinski definition) is 1. The predicted octanol–water partition coefficient (Wildman–Crippen LogP) is 4.47. The van der Waals surface area contributed by atoms with Crippen molar-refractivity contribution in [3.05, 3.63) is 69.6 Å². The van der Waals surface area contributed by atoms with E-state index in [1.807, 2.05) is 0 Å². The van der Waals surface area contributed by atoms with Crippen molar-refractivity contribution in [1.82, 2.24) is 9.62 Å². The van der Waals surface area contributed by atoms with E-state index >= 15 is 0 Å². The average Bonchev–Trinajstić information content (AvgIpc) is 2.74. The summed E-state index contributed by atoms with van der Waals surface area (Å²) < 4.78 is 58.1. The van der Waals surface area contributed by atoms with Gasteiger partial charge in [-0.05, 0) is 67.5 Å². The number of likely N-dealkylation sites (tertiary alicyclic amines) is 1. The third-order valence-electron chi connectivity index (χ3n) is 6.04. The van der Waals surface area contributed by atoms with E-state index in [9.17, 15) is 17.2 Å². The standard InChI is InChI=1S/C24H28F2N2O3S/c1-17-3-2-4-18(13-17)16-28-11-9-21(10-12-28)27-32(29,30)23-8-6-19-14-22(31-24(25)26)7-5-20(19)15-23/h2-5,7,13-15,21,24,27H,6,8-12,16H2,1H3. The van der Waals surface area contributed by atoms with Gasteiger partial charge in [-0.1, -0.05) is 35.9 Å². The summed E-state index contributed by atoms with van der Waals surface area (Å²) in [4.78, 5) is 2.70. The van der Waals surface area contributed by atoms with E-state index in [-0.39, 0.29) is 11.8 Å². The lowest BCUT2D eigenvalue weighted by Gasteiger charge is -2.32. The summed E-state index contributed by atoms with van der Waals surface area (Å²) in [7, 11) is -3.60. The van der Waals surface area contributed by atoms with Crippen LogP contribution < -0.4 is 9.46 Å². The number of nitrogens with zero attached hydrogens (tertiary/aromatic N) is 1. The van der Waals surface area contributed by atoms with Crippen LogP contribution in [0.15, 0.2) is 47.4 Å². The zero-order valence-corrected chi connectivity index (χ0v) is 18.9. The Morgan fingerprint density at radius 1 is 1.12 bits per heavy atom. The van der Waals surface area contributed by atoms with Crippen LogP contribution in [-0.2, 0) is 23.0 Å². The Bertz CT molecular complexity index is 1090. The van der Waals surface area contributed by atoms with Crippen LogP contribution in [0.25, 0.3) is 6.08 Å². The second-order valence-corrected chi connectivity index (χ2v) is 10.3. The number of allylic oxidation sites excluding steroid dienone is 1. The van der Waals surface area contributed by atoms with Gasteiger partial charge in [0, 0.05) is 25.7 Å². The molecule has 1 saturated heterocycles. The molecule has 8 heteroatoms. The minimum Gasteiger partial charge on any atom is -0.435 e. The Kier molecular flexibility index (Phi) is 6.93. The van der Waals surface area contributed by atoms with E-state index in [4.69, 9.17) is 0 Å². The van der Waals surface area contributed by atoms with Crippen molar-refractivity contribution in [3.8, 4) is 5.75 Å². The largest absolute Gasteiger partial charge is 0.435 e. The molecule has 32 heavy (non-hydrogen) atoms. The van der Waals surface area contributed by atoms with E-state index in [1.54, 1.807) is 18.2 Å². The van der Waals surface area contributed by atoms with Crippen molar-refractivity contribution >= 4 is 16.1 Å². The highest BCUT2D eigenvalue weighted by Crippen LogP contribution is 2.30. The molecule has 2 aliphatic rings. The summed E-state index contributed by atoms with van der Waals surface area (Å²) in [5.74, 6) is 0.0917. The smallest absolute Gasteiger partial charge is 0.387 e. The van der Waals surface area contributed by atoms with Crippen LogP contribution in [0.3, 0.4) is 0 Å². The first kappa shape index (κ1) is 22.9. The minimum atomic E-state index is -3.60. The molecule has 1 aliphatic carbocycles. The number of rotatable bonds is 7. The number of benzene rings is 2. The second-order valence-electron chi connectivity index (χ2n) is 8.51. The molecule has 0 radical (unpaired) electrons. The van der Waals surface area contributed by atoms with Gasteiger partial charge in [0.05, 0.1) is 4.91 Å². The van der Waals surface area contributed by atoms with Gasteiger partial charge in [0.2, 0.25) is 10.0 Å². The maximum atomic E-state index is 13.0. The van der Waals surface area contributed by atoms with Crippen LogP contribution in [0.5, 0.6) is 5.75 Å². The van der Waals surface area contributed by atoms with Crippen molar-refractivity contribution in [3.63, 3.8) is 0 Å². The van der Waals surface area contributed by atoms with Gasteiger partial charge in [0.15, 0.2) is 0 Å². The Labute approximate surface area is 188 Å². The summed E-state index contributed by atoms with van der Waals surface area (Å²) in [6.45, 7) is 1.76. The number of alkyl halides is 2. The Morgan fingerprint density at radius 3 is 2.62 bits per heavy atom. The van der Waals surface area contributed by atoms with Crippen LogP contribution in [0.1, 0.15) is 41.5 Å². The fourth-order valence-electron chi connectivity index (χ4n) is 4.40. The lowest BCUT2D eigenvalue weighted by Crippen LogP contribution is -2.44. The molecule has 1 heterocycles. The first-order chi connectivity index (χ1) is 15.3. The normalized spacial score (nSPS) is 17.8. The zero-order valence-electron chi connectivity index (χ0n) is 18.1. The average molecular weight is 463 g/mol. The van der Waals surface area contributed by atoms with Gasteiger partial charge in [-0.15, -0.1) is 0 Å². The van der Waals surface area contributed by atoms with E-state index in [1.165, 1.54) is 17.2 Å². The minimum absolute atomic E-state index is 0.0853. The first-order valence-corrected chi connectivity index (χ1v) is 12.4. The van der Waals surface area contributed by atoms with E-state index in [0.29, 0.717) is 17.7 Å². The van der Waals surface area contributed by atoms with Gasteiger partial charge < -0.3 is 4.74 Å². The Balaban J connectivity index is 1.35. The van der Waals surface area contributed by atoms with Crippen LogP contribution in [0, 0.1) is 6.92 Å². The number of ether oxygens (including phenoxy) is 1. The van der Waals surface area contributed by atoms with Gasteiger partial charge >= 0.3 is 6.61 Å². The summed E-state index contributed by atoms with van der Waals surface area (Å²) in [5, 5.41) is 0. The molecule has 0 bridgehead atoms. The van der Waals surface area contributed by atoms with Gasteiger partial charge in [-0.25, -0.2) is 13.1 Å². The highest BCUT2D eigenvalue weighted by molar-refractivity contribution is 7.93. The molecule has 1 fully saturated rings. The van der Waals surface area contributed by atoms with Gasteiger partial charge in [-0.3, -0.25) is 4.90 Å². The number of nitrogens with one attached hydrogen (secondary N) is 1.